The van der Waals surface area contributed by atoms with Crippen LogP contribution in [0.1, 0.15) is 17.4 Å². The molecule has 0 fully saturated rings. The molecule has 21 heavy (non-hydrogen) atoms. The first-order valence-corrected chi connectivity index (χ1v) is 6.31. The van der Waals surface area contributed by atoms with Crippen molar-refractivity contribution in [2.75, 3.05) is 5.32 Å². The van der Waals surface area contributed by atoms with Gasteiger partial charge < -0.3 is 10.4 Å². The number of allylic oxidation sites excluding steroid dienone is 1. The molecular weight excluding hydrogens is 270 g/mol. The smallest absolute Gasteiger partial charge is 0.354 e. The molecule has 2 N–H and O–H groups in total. The molecule has 1 amide bonds. The van der Waals surface area contributed by atoms with E-state index < -0.39 is 5.97 Å². The van der Waals surface area contributed by atoms with Crippen molar-refractivity contribution < 1.29 is 14.7 Å². The summed E-state index contributed by atoms with van der Waals surface area (Å²) in [5, 5.41) is 16.1. The van der Waals surface area contributed by atoms with Crippen molar-refractivity contribution in [1.29, 1.82) is 0 Å². The Kier molecular flexibility index (Phi) is 4.18. The summed E-state index contributed by atoms with van der Waals surface area (Å²) < 4.78 is 1.37. The number of hydrogen-bond acceptors (Lipinski definition) is 3. The first kappa shape index (κ1) is 14.5. The molecule has 1 heterocycles. The molecule has 0 saturated heterocycles. The Morgan fingerprint density at radius 2 is 2.19 bits per heavy atom. The molecular formula is C15H15N3O3. The van der Waals surface area contributed by atoms with Gasteiger partial charge in [0.15, 0.2) is 0 Å². The molecule has 0 aliphatic rings. The minimum atomic E-state index is -1.05. The number of carbonyl (C=O) groups excluding carboxylic acids is 1. The lowest BCUT2D eigenvalue weighted by Crippen LogP contribution is -2.08. The standard InChI is InChI=1S/C15H15N3O3/c1-3-7-18-14(15(20)21)9-13(17-18)11-5-4-6-12(8-11)16-10(2)19/h3-6,8-9H,1,7H2,2H3,(H,16,19)(H,20,21). The zero-order valence-electron chi connectivity index (χ0n) is 11.5. The molecule has 6 heteroatoms. The van der Waals surface area contributed by atoms with E-state index in [0.717, 1.165) is 5.56 Å². The fourth-order valence-corrected chi connectivity index (χ4v) is 1.95. The largest absolute Gasteiger partial charge is 0.477 e. The van der Waals surface area contributed by atoms with Gasteiger partial charge in [0, 0.05) is 18.2 Å². The molecule has 0 bridgehead atoms. The average molecular weight is 285 g/mol. The summed E-state index contributed by atoms with van der Waals surface area (Å²) >= 11 is 0. The van der Waals surface area contributed by atoms with Crippen LogP contribution >= 0.6 is 0 Å². The first-order valence-electron chi connectivity index (χ1n) is 6.31. The number of nitrogens with one attached hydrogen (secondary N) is 1. The molecule has 6 nitrogen and oxygen atoms in total. The van der Waals surface area contributed by atoms with Crippen LogP contribution in [-0.4, -0.2) is 26.8 Å². The van der Waals surface area contributed by atoms with Crippen molar-refractivity contribution in [2.24, 2.45) is 0 Å². The summed E-state index contributed by atoms with van der Waals surface area (Å²) in [4.78, 5) is 22.3. The number of benzene rings is 1. The fourth-order valence-electron chi connectivity index (χ4n) is 1.95. The van der Waals surface area contributed by atoms with Crippen LogP contribution in [-0.2, 0) is 11.3 Å². The number of rotatable bonds is 5. The highest BCUT2D eigenvalue weighted by Crippen LogP contribution is 2.22. The number of carboxylic acids is 1. The van der Waals surface area contributed by atoms with Gasteiger partial charge in [-0.1, -0.05) is 18.2 Å². The van der Waals surface area contributed by atoms with Crippen molar-refractivity contribution in [3.8, 4) is 11.3 Å². The van der Waals surface area contributed by atoms with E-state index in [2.05, 4.69) is 17.0 Å². The van der Waals surface area contributed by atoms with Crippen LogP contribution in [0, 0.1) is 0 Å². The van der Waals surface area contributed by atoms with E-state index in [-0.39, 0.29) is 11.6 Å². The second kappa shape index (κ2) is 6.04. The van der Waals surface area contributed by atoms with Crippen molar-refractivity contribution in [3.63, 3.8) is 0 Å². The number of carboxylic acid groups (broad SMARTS) is 1. The highest BCUT2D eigenvalue weighted by Gasteiger charge is 2.14. The molecule has 0 spiro atoms. The number of hydrogen-bond donors (Lipinski definition) is 2. The fraction of sp³-hybridized carbons (Fsp3) is 0.133. The summed E-state index contributed by atoms with van der Waals surface area (Å²) in [5.41, 5.74) is 1.98. The van der Waals surface area contributed by atoms with E-state index in [9.17, 15) is 14.7 Å². The van der Waals surface area contributed by atoms with Gasteiger partial charge in [-0.2, -0.15) is 5.10 Å². The Morgan fingerprint density at radius 1 is 1.43 bits per heavy atom. The predicted octanol–water partition coefficient (Wildman–Crippen LogP) is 2.39. The van der Waals surface area contributed by atoms with Gasteiger partial charge in [0.25, 0.3) is 0 Å². The van der Waals surface area contributed by atoms with Crippen LogP contribution in [0.2, 0.25) is 0 Å². The van der Waals surface area contributed by atoms with Crippen LogP contribution in [0.5, 0.6) is 0 Å². The lowest BCUT2D eigenvalue weighted by molar-refractivity contribution is -0.114. The summed E-state index contributed by atoms with van der Waals surface area (Å²) in [7, 11) is 0. The van der Waals surface area contributed by atoms with Gasteiger partial charge in [-0.05, 0) is 18.2 Å². The third kappa shape index (κ3) is 3.36. The Labute approximate surface area is 121 Å². The van der Waals surface area contributed by atoms with Crippen molar-refractivity contribution in [2.45, 2.75) is 13.5 Å². The van der Waals surface area contributed by atoms with Crippen LogP contribution in [0.25, 0.3) is 11.3 Å². The van der Waals surface area contributed by atoms with Crippen LogP contribution < -0.4 is 5.32 Å². The van der Waals surface area contributed by atoms with E-state index in [1.807, 2.05) is 0 Å². The molecule has 0 atom stereocenters. The number of aromatic carboxylic acids is 1. The Morgan fingerprint density at radius 3 is 2.81 bits per heavy atom. The second-order valence-corrected chi connectivity index (χ2v) is 4.45. The van der Waals surface area contributed by atoms with Gasteiger partial charge in [-0.25, -0.2) is 4.79 Å². The predicted molar refractivity (Wildman–Crippen MR) is 79.1 cm³/mol. The number of nitrogens with zero attached hydrogens (tertiary/aromatic N) is 2. The van der Waals surface area contributed by atoms with Gasteiger partial charge in [-0.15, -0.1) is 6.58 Å². The summed E-state index contributed by atoms with van der Waals surface area (Å²) in [6, 6.07) is 8.57. The highest BCUT2D eigenvalue weighted by atomic mass is 16.4. The topological polar surface area (TPSA) is 84.2 Å². The summed E-state index contributed by atoms with van der Waals surface area (Å²) in [6.07, 6.45) is 1.58. The lowest BCUT2D eigenvalue weighted by Gasteiger charge is -2.03. The summed E-state index contributed by atoms with van der Waals surface area (Å²) in [5.74, 6) is -1.22. The monoisotopic (exact) mass is 285 g/mol. The number of amides is 1. The third-order valence-electron chi connectivity index (χ3n) is 2.78. The second-order valence-electron chi connectivity index (χ2n) is 4.45. The molecule has 1 aromatic heterocycles. The quantitative estimate of drug-likeness (QED) is 0.826. The van der Waals surface area contributed by atoms with Gasteiger partial charge in [0.05, 0.1) is 12.2 Å². The van der Waals surface area contributed by atoms with Crippen LogP contribution in [0.4, 0.5) is 5.69 Å². The molecule has 2 aromatic rings. The lowest BCUT2D eigenvalue weighted by atomic mass is 10.1. The number of carbonyl (C=O) groups is 2. The number of aromatic nitrogens is 2. The maximum absolute atomic E-state index is 11.2. The maximum Gasteiger partial charge on any atom is 0.354 e. The van der Waals surface area contributed by atoms with Gasteiger partial charge in [-0.3, -0.25) is 9.48 Å². The van der Waals surface area contributed by atoms with E-state index in [4.69, 9.17) is 0 Å². The SMILES string of the molecule is C=CCn1nc(-c2cccc(NC(C)=O)c2)cc1C(=O)O. The molecule has 108 valence electrons. The Bertz CT molecular complexity index is 704. The Balaban J connectivity index is 2.41. The molecule has 0 aliphatic carbocycles. The van der Waals surface area contributed by atoms with Gasteiger partial charge in [0.1, 0.15) is 5.69 Å². The van der Waals surface area contributed by atoms with Crippen molar-refractivity contribution in [3.05, 3.63) is 48.7 Å². The van der Waals surface area contributed by atoms with E-state index in [1.54, 1.807) is 30.3 Å². The Hall–Kier alpha value is -2.89. The average Bonchev–Trinajstić information content (AvgIpc) is 2.83. The minimum Gasteiger partial charge on any atom is -0.477 e. The highest BCUT2D eigenvalue weighted by molar-refractivity contribution is 5.90. The van der Waals surface area contributed by atoms with Gasteiger partial charge in [0.2, 0.25) is 5.91 Å². The molecule has 0 unspecified atom stereocenters. The van der Waals surface area contributed by atoms with Crippen molar-refractivity contribution >= 4 is 17.6 Å². The van der Waals surface area contributed by atoms with E-state index in [1.165, 1.54) is 17.7 Å². The minimum absolute atomic E-state index is 0.0924. The molecule has 1 aromatic carbocycles. The zero-order valence-corrected chi connectivity index (χ0v) is 11.5. The van der Waals surface area contributed by atoms with Gasteiger partial charge >= 0.3 is 5.97 Å². The third-order valence-corrected chi connectivity index (χ3v) is 2.78. The molecule has 2 rings (SSSR count). The zero-order chi connectivity index (χ0) is 15.4. The molecule has 0 aliphatic heterocycles. The maximum atomic E-state index is 11.2. The molecule has 0 radical (unpaired) electrons. The first-order chi connectivity index (χ1) is 10.0. The van der Waals surface area contributed by atoms with Crippen LogP contribution in [0.15, 0.2) is 43.0 Å². The normalized spacial score (nSPS) is 10.1. The van der Waals surface area contributed by atoms with Crippen molar-refractivity contribution in [1.82, 2.24) is 9.78 Å². The van der Waals surface area contributed by atoms with E-state index >= 15 is 0 Å². The van der Waals surface area contributed by atoms with Crippen LogP contribution in [0.3, 0.4) is 0 Å². The summed E-state index contributed by atoms with van der Waals surface area (Å²) in [6.45, 7) is 5.32. The van der Waals surface area contributed by atoms with E-state index in [0.29, 0.717) is 17.9 Å². The molecule has 0 saturated carbocycles. The number of anilines is 1.